The maximum atomic E-state index is 12.6. The number of halogens is 1. The van der Waals surface area contributed by atoms with Crippen LogP contribution >= 0.6 is 11.6 Å². The zero-order valence-corrected chi connectivity index (χ0v) is 12.4. The van der Waals surface area contributed by atoms with Crippen LogP contribution in [0.4, 0.5) is 0 Å². The molecule has 0 spiro atoms. The van der Waals surface area contributed by atoms with Crippen LogP contribution in [0.25, 0.3) is 0 Å². The molecule has 0 atom stereocenters. The van der Waals surface area contributed by atoms with E-state index in [0.717, 1.165) is 31.5 Å². The van der Waals surface area contributed by atoms with E-state index in [1.54, 1.807) is 0 Å². The van der Waals surface area contributed by atoms with Gasteiger partial charge < -0.3 is 16.0 Å². The highest BCUT2D eigenvalue weighted by atomic mass is 35.5. The third kappa shape index (κ3) is 4.20. The van der Waals surface area contributed by atoms with Gasteiger partial charge in [-0.25, -0.2) is 0 Å². The number of rotatable bonds is 5. The van der Waals surface area contributed by atoms with Crippen LogP contribution in [0.5, 0.6) is 0 Å². The van der Waals surface area contributed by atoms with Crippen LogP contribution in [0.15, 0.2) is 24.3 Å². The van der Waals surface area contributed by atoms with E-state index in [4.69, 9.17) is 17.3 Å². The van der Waals surface area contributed by atoms with Gasteiger partial charge in [0.15, 0.2) is 0 Å². The fourth-order valence-electron chi connectivity index (χ4n) is 2.56. The van der Waals surface area contributed by atoms with E-state index < -0.39 is 0 Å². The third-order valence-electron chi connectivity index (χ3n) is 3.69. The Hall–Kier alpha value is -1.10. The smallest absolute Gasteiger partial charge is 0.226 e. The van der Waals surface area contributed by atoms with Crippen molar-refractivity contribution >= 4 is 17.5 Å². The predicted octanol–water partition coefficient (Wildman–Crippen LogP) is 1.63. The van der Waals surface area contributed by atoms with Gasteiger partial charge in [0.2, 0.25) is 5.91 Å². The molecule has 5 heteroatoms. The molecule has 1 saturated heterocycles. The van der Waals surface area contributed by atoms with Gasteiger partial charge in [-0.15, -0.1) is 0 Å². The number of amides is 1. The van der Waals surface area contributed by atoms with Crippen LogP contribution < -0.4 is 11.1 Å². The summed E-state index contributed by atoms with van der Waals surface area (Å²) in [6, 6.07) is 7.63. The molecule has 1 aliphatic rings. The summed E-state index contributed by atoms with van der Waals surface area (Å²) in [5.41, 5.74) is 6.74. The Morgan fingerprint density at radius 3 is 2.55 bits per heavy atom. The van der Waals surface area contributed by atoms with Gasteiger partial charge in [0.05, 0.1) is 0 Å². The maximum absolute atomic E-state index is 12.6. The van der Waals surface area contributed by atoms with Crippen molar-refractivity contribution in [2.75, 3.05) is 26.2 Å². The lowest BCUT2D eigenvalue weighted by molar-refractivity contribution is -0.136. The highest BCUT2D eigenvalue weighted by Crippen LogP contribution is 2.18. The summed E-state index contributed by atoms with van der Waals surface area (Å²) in [4.78, 5) is 14.5. The van der Waals surface area contributed by atoms with Gasteiger partial charge in [-0.1, -0.05) is 23.7 Å². The Labute approximate surface area is 125 Å². The Bertz CT molecular complexity index is 429. The molecule has 4 nitrogen and oxygen atoms in total. The molecule has 1 amide bonds. The monoisotopic (exact) mass is 295 g/mol. The summed E-state index contributed by atoms with van der Waals surface area (Å²) in [6.45, 7) is 3.55. The molecule has 1 heterocycles. The molecule has 0 aliphatic carbocycles. The molecule has 1 aliphatic heterocycles. The van der Waals surface area contributed by atoms with Crippen molar-refractivity contribution in [2.45, 2.75) is 19.4 Å². The van der Waals surface area contributed by atoms with E-state index in [-0.39, 0.29) is 11.8 Å². The lowest BCUT2D eigenvalue weighted by Gasteiger charge is -2.29. The minimum atomic E-state index is 0.134. The van der Waals surface area contributed by atoms with Crippen molar-refractivity contribution < 1.29 is 4.79 Å². The van der Waals surface area contributed by atoms with E-state index in [0.29, 0.717) is 24.7 Å². The summed E-state index contributed by atoms with van der Waals surface area (Å²) in [7, 11) is 0. The van der Waals surface area contributed by atoms with E-state index in [9.17, 15) is 4.79 Å². The highest BCUT2D eigenvalue weighted by molar-refractivity contribution is 6.30. The van der Waals surface area contributed by atoms with E-state index in [1.165, 1.54) is 0 Å². The first-order valence-electron chi connectivity index (χ1n) is 7.14. The second-order valence-electron chi connectivity index (χ2n) is 5.20. The first-order chi connectivity index (χ1) is 9.70. The number of nitrogens with two attached hydrogens (primary N) is 1. The number of hydrogen-bond donors (Lipinski definition) is 2. The second kappa shape index (κ2) is 7.62. The van der Waals surface area contributed by atoms with Gasteiger partial charge >= 0.3 is 0 Å². The van der Waals surface area contributed by atoms with Gasteiger partial charge in [0, 0.05) is 30.6 Å². The fraction of sp³-hybridized carbons (Fsp3) is 0.533. The number of hydrogen-bond acceptors (Lipinski definition) is 3. The van der Waals surface area contributed by atoms with Crippen LogP contribution in [-0.2, 0) is 11.3 Å². The first kappa shape index (κ1) is 15.3. The van der Waals surface area contributed by atoms with Crippen molar-refractivity contribution in [3.8, 4) is 0 Å². The quantitative estimate of drug-likeness (QED) is 0.868. The molecular weight excluding hydrogens is 274 g/mol. The predicted molar refractivity (Wildman–Crippen MR) is 81.5 cm³/mol. The van der Waals surface area contributed by atoms with Gasteiger partial charge in [-0.05, 0) is 43.6 Å². The molecule has 0 radical (unpaired) electrons. The molecule has 110 valence electrons. The van der Waals surface area contributed by atoms with E-state index >= 15 is 0 Å². The summed E-state index contributed by atoms with van der Waals surface area (Å²) < 4.78 is 0. The minimum absolute atomic E-state index is 0.134. The molecule has 1 aromatic rings. The fourth-order valence-corrected chi connectivity index (χ4v) is 2.69. The summed E-state index contributed by atoms with van der Waals surface area (Å²) in [5.74, 6) is 0.363. The van der Waals surface area contributed by atoms with Gasteiger partial charge in [-0.2, -0.15) is 0 Å². The molecule has 0 saturated carbocycles. The molecule has 0 bridgehead atoms. The van der Waals surface area contributed by atoms with E-state index in [1.807, 2.05) is 29.2 Å². The molecular formula is C15H22ClN3O. The highest BCUT2D eigenvalue weighted by Gasteiger charge is 2.25. The summed E-state index contributed by atoms with van der Waals surface area (Å²) >= 11 is 5.89. The summed E-state index contributed by atoms with van der Waals surface area (Å²) in [6.07, 6.45) is 1.83. The topological polar surface area (TPSA) is 58.4 Å². The SMILES string of the molecule is NCCN(Cc1ccc(Cl)cc1)C(=O)C1CCNCC1. The summed E-state index contributed by atoms with van der Waals surface area (Å²) in [5, 5.41) is 4.00. The van der Waals surface area contributed by atoms with E-state index in [2.05, 4.69) is 5.32 Å². The normalized spacial score (nSPS) is 16.1. The molecule has 1 aromatic carbocycles. The average molecular weight is 296 g/mol. The molecule has 3 N–H and O–H groups in total. The van der Waals surface area contributed by atoms with Crippen LogP contribution in [0.1, 0.15) is 18.4 Å². The maximum Gasteiger partial charge on any atom is 0.226 e. The number of piperidine rings is 1. The standard InChI is InChI=1S/C15H22ClN3O/c16-14-3-1-12(2-4-14)11-19(10-7-17)15(20)13-5-8-18-9-6-13/h1-4,13,18H,5-11,17H2. The molecule has 0 unspecified atom stereocenters. The van der Waals surface area contributed by atoms with Gasteiger partial charge in [-0.3, -0.25) is 4.79 Å². The Balaban J connectivity index is 2.01. The van der Waals surface area contributed by atoms with Crippen LogP contribution in [0.3, 0.4) is 0 Å². The van der Waals surface area contributed by atoms with Crippen LogP contribution in [0.2, 0.25) is 5.02 Å². The van der Waals surface area contributed by atoms with Crippen LogP contribution in [0, 0.1) is 5.92 Å². The molecule has 2 rings (SSSR count). The Morgan fingerprint density at radius 1 is 1.30 bits per heavy atom. The number of nitrogens with one attached hydrogen (secondary N) is 1. The van der Waals surface area contributed by atoms with Crippen molar-refractivity contribution in [2.24, 2.45) is 11.7 Å². The Kier molecular flexibility index (Phi) is 5.83. The molecule has 1 fully saturated rings. The van der Waals surface area contributed by atoms with Gasteiger partial charge in [0.25, 0.3) is 0 Å². The van der Waals surface area contributed by atoms with Crippen molar-refractivity contribution in [1.82, 2.24) is 10.2 Å². The lowest BCUT2D eigenvalue weighted by Crippen LogP contribution is -2.42. The largest absolute Gasteiger partial charge is 0.337 e. The molecule has 20 heavy (non-hydrogen) atoms. The number of nitrogens with zero attached hydrogens (tertiary/aromatic N) is 1. The number of benzene rings is 1. The zero-order chi connectivity index (χ0) is 14.4. The zero-order valence-electron chi connectivity index (χ0n) is 11.6. The minimum Gasteiger partial charge on any atom is -0.337 e. The molecule has 0 aromatic heterocycles. The van der Waals surface area contributed by atoms with Gasteiger partial charge in [0.1, 0.15) is 0 Å². The first-order valence-corrected chi connectivity index (χ1v) is 7.52. The van der Waals surface area contributed by atoms with Crippen molar-refractivity contribution in [3.05, 3.63) is 34.9 Å². The lowest BCUT2D eigenvalue weighted by atomic mass is 9.96. The second-order valence-corrected chi connectivity index (χ2v) is 5.64. The average Bonchev–Trinajstić information content (AvgIpc) is 2.49. The van der Waals surface area contributed by atoms with Crippen molar-refractivity contribution in [1.29, 1.82) is 0 Å². The number of carbonyl (C=O) groups excluding carboxylic acids is 1. The third-order valence-corrected chi connectivity index (χ3v) is 3.94. The van der Waals surface area contributed by atoms with Crippen LogP contribution in [-0.4, -0.2) is 37.0 Å². The number of carbonyl (C=O) groups is 1. The van der Waals surface area contributed by atoms with Crippen molar-refractivity contribution in [3.63, 3.8) is 0 Å². The Morgan fingerprint density at radius 2 is 1.95 bits per heavy atom.